The van der Waals surface area contributed by atoms with E-state index in [0.717, 1.165) is 17.5 Å². The van der Waals surface area contributed by atoms with Gasteiger partial charge in [-0.25, -0.2) is 0 Å². The molecule has 2 aromatic carbocycles. The highest BCUT2D eigenvalue weighted by molar-refractivity contribution is 6.32. The van der Waals surface area contributed by atoms with Crippen LogP contribution in [-0.4, -0.2) is 13.2 Å². The Kier molecular flexibility index (Phi) is 4.62. The van der Waals surface area contributed by atoms with E-state index >= 15 is 0 Å². The predicted octanol–water partition coefficient (Wildman–Crippen LogP) is 3.73. The number of halogens is 1. The third-order valence-corrected chi connectivity index (χ3v) is 2.94. The molecule has 2 rings (SSSR count). The summed E-state index contributed by atoms with van der Waals surface area (Å²) in [6, 6.07) is 16.0. The van der Waals surface area contributed by atoms with Crippen LogP contribution in [0.5, 0.6) is 5.75 Å². The van der Waals surface area contributed by atoms with Gasteiger partial charge in [-0.3, -0.25) is 0 Å². The molecule has 0 amide bonds. The van der Waals surface area contributed by atoms with Crippen molar-refractivity contribution in [1.82, 2.24) is 0 Å². The number of rotatable bonds is 5. The Bertz CT molecular complexity index is 499. The summed E-state index contributed by atoms with van der Waals surface area (Å²) < 4.78 is 5.56. The maximum absolute atomic E-state index is 6.20. The minimum atomic E-state index is 0.598. The summed E-state index contributed by atoms with van der Waals surface area (Å²) in [5.41, 5.74) is 7.65. The zero-order chi connectivity index (χ0) is 12.8. The van der Waals surface area contributed by atoms with E-state index in [4.69, 9.17) is 22.1 Å². The zero-order valence-electron chi connectivity index (χ0n) is 10.1. The average Bonchev–Trinajstić information content (AvgIpc) is 2.42. The van der Waals surface area contributed by atoms with Gasteiger partial charge in [0.1, 0.15) is 5.75 Å². The van der Waals surface area contributed by atoms with Crippen LogP contribution < -0.4 is 10.5 Å². The van der Waals surface area contributed by atoms with Crippen LogP contribution in [-0.2, 0) is 0 Å². The number of hydrogen-bond acceptors (Lipinski definition) is 2. The summed E-state index contributed by atoms with van der Waals surface area (Å²) in [5.74, 6) is 0.713. The maximum Gasteiger partial charge on any atom is 0.137 e. The van der Waals surface area contributed by atoms with Crippen molar-refractivity contribution in [3.05, 3.63) is 53.6 Å². The van der Waals surface area contributed by atoms with Gasteiger partial charge in [0.2, 0.25) is 0 Å². The third kappa shape index (κ3) is 3.25. The molecule has 0 spiro atoms. The van der Waals surface area contributed by atoms with E-state index in [-0.39, 0.29) is 0 Å². The van der Waals surface area contributed by atoms with Gasteiger partial charge in [0.15, 0.2) is 0 Å². The first-order chi connectivity index (χ1) is 8.81. The van der Waals surface area contributed by atoms with E-state index in [1.165, 1.54) is 0 Å². The van der Waals surface area contributed by atoms with Crippen LogP contribution in [0, 0.1) is 0 Å². The number of hydrogen-bond donors (Lipinski definition) is 1. The lowest BCUT2D eigenvalue weighted by Gasteiger charge is -2.09. The fraction of sp³-hybridized carbons (Fsp3) is 0.200. The molecule has 0 saturated heterocycles. The van der Waals surface area contributed by atoms with Gasteiger partial charge in [-0.05, 0) is 36.2 Å². The predicted molar refractivity (Wildman–Crippen MR) is 76.1 cm³/mol. The van der Waals surface area contributed by atoms with Gasteiger partial charge in [-0.15, -0.1) is 0 Å². The van der Waals surface area contributed by atoms with Crippen molar-refractivity contribution >= 4 is 11.6 Å². The fourth-order valence-corrected chi connectivity index (χ4v) is 1.93. The van der Waals surface area contributed by atoms with E-state index in [9.17, 15) is 0 Å². The number of benzene rings is 2. The zero-order valence-corrected chi connectivity index (χ0v) is 10.9. The molecule has 0 atom stereocenters. The summed E-state index contributed by atoms with van der Waals surface area (Å²) in [6.07, 6.45) is 0.830. The molecule has 18 heavy (non-hydrogen) atoms. The van der Waals surface area contributed by atoms with Crippen LogP contribution in [0.15, 0.2) is 48.5 Å². The summed E-state index contributed by atoms with van der Waals surface area (Å²) in [7, 11) is 0. The second kappa shape index (κ2) is 6.43. The molecule has 0 radical (unpaired) electrons. The quantitative estimate of drug-likeness (QED) is 0.833. The Morgan fingerprint density at radius 2 is 1.78 bits per heavy atom. The second-order valence-electron chi connectivity index (χ2n) is 4.00. The molecule has 2 N–H and O–H groups in total. The molecule has 94 valence electrons. The standard InChI is InChI=1S/C15H16ClNO/c16-14-11-13(12-5-2-1-3-6-12)7-8-15(14)18-10-4-9-17/h1-3,5-8,11H,4,9-10,17H2. The molecule has 2 aromatic rings. The molecule has 0 unspecified atom stereocenters. The molecule has 0 aliphatic rings. The van der Waals surface area contributed by atoms with Crippen molar-refractivity contribution in [3.8, 4) is 16.9 Å². The van der Waals surface area contributed by atoms with Gasteiger partial charge in [-0.1, -0.05) is 48.0 Å². The van der Waals surface area contributed by atoms with Gasteiger partial charge in [0.25, 0.3) is 0 Å². The summed E-state index contributed by atoms with van der Waals surface area (Å²) in [6.45, 7) is 1.22. The van der Waals surface area contributed by atoms with Gasteiger partial charge in [0.05, 0.1) is 11.6 Å². The first-order valence-corrected chi connectivity index (χ1v) is 6.37. The molecule has 0 aliphatic carbocycles. The Hall–Kier alpha value is -1.51. The lowest BCUT2D eigenvalue weighted by Crippen LogP contribution is -2.06. The summed E-state index contributed by atoms with van der Waals surface area (Å²) in [5, 5.41) is 0.633. The van der Waals surface area contributed by atoms with E-state index < -0.39 is 0 Å². The van der Waals surface area contributed by atoms with Crippen LogP contribution in [0.4, 0.5) is 0 Å². The van der Waals surface area contributed by atoms with Crippen molar-refractivity contribution in [2.75, 3.05) is 13.2 Å². The number of nitrogens with two attached hydrogens (primary N) is 1. The van der Waals surface area contributed by atoms with E-state index in [2.05, 4.69) is 12.1 Å². The topological polar surface area (TPSA) is 35.2 Å². The lowest BCUT2D eigenvalue weighted by atomic mass is 10.1. The normalized spacial score (nSPS) is 10.3. The van der Waals surface area contributed by atoms with Crippen molar-refractivity contribution in [1.29, 1.82) is 0 Å². The average molecular weight is 262 g/mol. The van der Waals surface area contributed by atoms with Crippen molar-refractivity contribution < 1.29 is 4.74 Å². The number of ether oxygens (including phenoxy) is 1. The monoisotopic (exact) mass is 261 g/mol. The summed E-state index contributed by atoms with van der Waals surface area (Å²) >= 11 is 6.20. The Morgan fingerprint density at radius 3 is 2.44 bits per heavy atom. The minimum absolute atomic E-state index is 0.598. The molecule has 0 aromatic heterocycles. The van der Waals surface area contributed by atoms with Gasteiger partial charge in [0, 0.05) is 0 Å². The maximum atomic E-state index is 6.20. The molecule has 0 saturated carbocycles. The first kappa shape index (κ1) is 12.9. The van der Waals surface area contributed by atoms with Crippen LogP contribution in [0.1, 0.15) is 6.42 Å². The van der Waals surface area contributed by atoms with Crippen LogP contribution >= 0.6 is 11.6 Å². The SMILES string of the molecule is NCCCOc1ccc(-c2ccccc2)cc1Cl. The first-order valence-electron chi connectivity index (χ1n) is 5.99. The Morgan fingerprint density at radius 1 is 1.00 bits per heavy atom. The van der Waals surface area contributed by atoms with Crippen LogP contribution in [0.3, 0.4) is 0 Å². The van der Waals surface area contributed by atoms with E-state index in [0.29, 0.717) is 23.9 Å². The lowest BCUT2D eigenvalue weighted by molar-refractivity contribution is 0.313. The highest BCUT2D eigenvalue weighted by Crippen LogP contribution is 2.30. The van der Waals surface area contributed by atoms with E-state index in [1.807, 2.05) is 36.4 Å². The van der Waals surface area contributed by atoms with Crippen molar-refractivity contribution in [2.45, 2.75) is 6.42 Å². The van der Waals surface area contributed by atoms with Gasteiger partial charge >= 0.3 is 0 Å². The van der Waals surface area contributed by atoms with E-state index in [1.54, 1.807) is 0 Å². The third-order valence-electron chi connectivity index (χ3n) is 2.65. The van der Waals surface area contributed by atoms with Crippen LogP contribution in [0.25, 0.3) is 11.1 Å². The molecule has 0 fully saturated rings. The highest BCUT2D eigenvalue weighted by Gasteiger charge is 2.04. The molecule has 0 bridgehead atoms. The molecule has 0 heterocycles. The highest BCUT2D eigenvalue weighted by atomic mass is 35.5. The fourth-order valence-electron chi connectivity index (χ4n) is 1.69. The van der Waals surface area contributed by atoms with Crippen molar-refractivity contribution in [2.24, 2.45) is 5.73 Å². The Balaban J connectivity index is 2.15. The molecular weight excluding hydrogens is 246 g/mol. The van der Waals surface area contributed by atoms with Gasteiger partial charge in [-0.2, -0.15) is 0 Å². The molecule has 3 heteroatoms. The Labute approximate surface area is 112 Å². The summed E-state index contributed by atoms with van der Waals surface area (Å²) in [4.78, 5) is 0. The minimum Gasteiger partial charge on any atom is -0.492 e. The molecule has 0 aliphatic heterocycles. The van der Waals surface area contributed by atoms with Crippen molar-refractivity contribution in [3.63, 3.8) is 0 Å². The molecular formula is C15H16ClNO. The van der Waals surface area contributed by atoms with Crippen LogP contribution in [0.2, 0.25) is 5.02 Å². The smallest absolute Gasteiger partial charge is 0.137 e. The van der Waals surface area contributed by atoms with Gasteiger partial charge < -0.3 is 10.5 Å². The largest absolute Gasteiger partial charge is 0.492 e. The second-order valence-corrected chi connectivity index (χ2v) is 4.41. The molecule has 2 nitrogen and oxygen atoms in total.